The van der Waals surface area contributed by atoms with Crippen LogP contribution in [0.15, 0.2) is 46.9 Å². The van der Waals surface area contributed by atoms with Crippen LogP contribution in [0.3, 0.4) is 0 Å². The standard InChI is InChI=1S/C20H19BrN4O3/c21-14-3-6-16-17(10-14)23-24-19(16)25-11-13(9-18(25)27)20(28)22-8-7-12-1-4-15(26)5-2-12/h1-6,10,13,26H,7-9,11H2,(H,22,28)(H,23,24)/t13-/m0/s1. The number of H-pyrrole nitrogens is 1. The first-order chi connectivity index (χ1) is 13.5. The van der Waals surface area contributed by atoms with Crippen molar-refractivity contribution >= 4 is 44.5 Å². The predicted molar refractivity (Wildman–Crippen MR) is 109 cm³/mol. The summed E-state index contributed by atoms with van der Waals surface area (Å²) in [5.74, 6) is 0.157. The normalized spacial score (nSPS) is 16.7. The number of fused-ring (bicyclic) bond motifs is 1. The second kappa shape index (κ2) is 7.63. The van der Waals surface area contributed by atoms with Crippen LogP contribution < -0.4 is 10.2 Å². The van der Waals surface area contributed by atoms with Crippen LogP contribution in [0.5, 0.6) is 5.75 Å². The molecule has 0 unspecified atom stereocenters. The van der Waals surface area contributed by atoms with Gasteiger partial charge in [-0.25, -0.2) is 0 Å². The van der Waals surface area contributed by atoms with Crippen molar-refractivity contribution in [3.05, 3.63) is 52.5 Å². The molecule has 2 amide bonds. The monoisotopic (exact) mass is 442 g/mol. The van der Waals surface area contributed by atoms with Crippen molar-refractivity contribution in [2.75, 3.05) is 18.0 Å². The minimum absolute atomic E-state index is 0.102. The first-order valence-electron chi connectivity index (χ1n) is 9.01. The fourth-order valence-electron chi connectivity index (χ4n) is 3.41. The Morgan fingerprint density at radius 2 is 2.07 bits per heavy atom. The highest BCUT2D eigenvalue weighted by atomic mass is 79.9. The van der Waals surface area contributed by atoms with E-state index in [2.05, 4.69) is 31.4 Å². The van der Waals surface area contributed by atoms with Crippen LogP contribution in [0.4, 0.5) is 5.82 Å². The Hall–Kier alpha value is -2.87. The van der Waals surface area contributed by atoms with Gasteiger partial charge in [0.2, 0.25) is 11.8 Å². The van der Waals surface area contributed by atoms with E-state index in [1.54, 1.807) is 17.0 Å². The van der Waals surface area contributed by atoms with Crippen molar-refractivity contribution in [1.82, 2.24) is 15.5 Å². The molecule has 8 heteroatoms. The molecular formula is C20H19BrN4O3. The summed E-state index contributed by atoms with van der Waals surface area (Å²) in [4.78, 5) is 26.6. The molecule has 28 heavy (non-hydrogen) atoms. The fourth-order valence-corrected chi connectivity index (χ4v) is 3.77. The van der Waals surface area contributed by atoms with Crippen LogP contribution in [-0.2, 0) is 16.0 Å². The van der Waals surface area contributed by atoms with E-state index in [0.29, 0.717) is 25.3 Å². The number of phenolic OH excluding ortho intramolecular Hbond substituents is 1. The molecule has 144 valence electrons. The Balaban J connectivity index is 1.38. The average Bonchev–Trinajstić information content (AvgIpc) is 3.26. The number of rotatable bonds is 5. The minimum atomic E-state index is -0.394. The van der Waals surface area contributed by atoms with Gasteiger partial charge in [0.1, 0.15) is 5.75 Å². The third-order valence-corrected chi connectivity index (χ3v) is 5.40. The average molecular weight is 443 g/mol. The number of halogens is 1. The van der Waals surface area contributed by atoms with Crippen LogP contribution in [0.1, 0.15) is 12.0 Å². The highest BCUT2D eigenvalue weighted by Gasteiger charge is 2.36. The highest BCUT2D eigenvalue weighted by molar-refractivity contribution is 9.10. The van der Waals surface area contributed by atoms with Crippen LogP contribution in [0.2, 0.25) is 0 Å². The maximum atomic E-state index is 12.5. The summed E-state index contributed by atoms with van der Waals surface area (Å²) < 4.78 is 0.925. The van der Waals surface area contributed by atoms with Gasteiger partial charge in [0, 0.05) is 29.4 Å². The van der Waals surface area contributed by atoms with Crippen molar-refractivity contribution in [2.24, 2.45) is 5.92 Å². The zero-order chi connectivity index (χ0) is 19.7. The summed E-state index contributed by atoms with van der Waals surface area (Å²) in [6, 6.07) is 12.6. The molecule has 1 aliphatic rings. The van der Waals surface area contributed by atoms with Crippen LogP contribution in [0, 0.1) is 5.92 Å². The Kier molecular flexibility index (Phi) is 5.04. The number of aromatic amines is 1. The molecule has 0 radical (unpaired) electrons. The van der Waals surface area contributed by atoms with Crippen molar-refractivity contribution in [3.8, 4) is 5.75 Å². The Morgan fingerprint density at radius 3 is 2.86 bits per heavy atom. The molecule has 3 N–H and O–H groups in total. The maximum absolute atomic E-state index is 12.5. The van der Waals surface area contributed by atoms with E-state index >= 15 is 0 Å². The molecule has 3 aromatic rings. The van der Waals surface area contributed by atoms with Crippen molar-refractivity contribution < 1.29 is 14.7 Å². The SMILES string of the molecule is O=C(NCCc1ccc(O)cc1)[C@H]1CC(=O)N(c2n[nH]c3cc(Br)ccc23)C1. The number of hydrogen-bond acceptors (Lipinski definition) is 4. The lowest BCUT2D eigenvalue weighted by Gasteiger charge is -2.14. The van der Waals surface area contributed by atoms with E-state index in [1.807, 2.05) is 30.3 Å². The smallest absolute Gasteiger partial charge is 0.229 e. The highest BCUT2D eigenvalue weighted by Crippen LogP contribution is 2.31. The number of carbonyl (C=O) groups excluding carboxylic acids is 2. The van der Waals surface area contributed by atoms with E-state index < -0.39 is 5.92 Å². The van der Waals surface area contributed by atoms with Gasteiger partial charge in [0.05, 0.1) is 11.4 Å². The van der Waals surface area contributed by atoms with Gasteiger partial charge in [-0.1, -0.05) is 28.1 Å². The molecule has 0 aliphatic carbocycles. The molecule has 4 rings (SSSR count). The van der Waals surface area contributed by atoms with Crippen LogP contribution >= 0.6 is 15.9 Å². The number of carbonyl (C=O) groups is 2. The van der Waals surface area contributed by atoms with E-state index in [4.69, 9.17) is 0 Å². The van der Waals surface area contributed by atoms with Crippen molar-refractivity contribution in [2.45, 2.75) is 12.8 Å². The van der Waals surface area contributed by atoms with Gasteiger partial charge in [-0.05, 0) is 42.3 Å². The third-order valence-electron chi connectivity index (χ3n) is 4.91. The number of hydrogen-bond donors (Lipinski definition) is 3. The number of phenols is 1. The molecular weight excluding hydrogens is 424 g/mol. The zero-order valence-corrected chi connectivity index (χ0v) is 16.6. The Labute approximate surface area is 169 Å². The molecule has 2 aromatic carbocycles. The lowest BCUT2D eigenvalue weighted by molar-refractivity contribution is -0.126. The van der Waals surface area contributed by atoms with E-state index in [-0.39, 0.29) is 24.0 Å². The minimum Gasteiger partial charge on any atom is -0.508 e. The summed E-state index contributed by atoms with van der Waals surface area (Å²) in [5, 5.41) is 20.3. The molecule has 0 bridgehead atoms. The molecule has 1 saturated heterocycles. The van der Waals surface area contributed by atoms with Crippen LogP contribution in [0.25, 0.3) is 10.9 Å². The molecule has 2 heterocycles. The Bertz CT molecular complexity index is 1030. The van der Waals surface area contributed by atoms with Gasteiger partial charge >= 0.3 is 0 Å². The Morgan fingerprint density at radius 1 is 1.29 bits per heavy atom. The van der Waals surface area contributed by atoms with E-state index in [0.717, 1.165) is 20.9 Å². The molecule has 0 spiro atoms. The summed E-state index contributed by atoms with van der Waals surface area (Å²) in [5.41, 5.74) is 1.86. The first-order valence-corrected chi connectivity index (χ1v) is 9.80. The quantitative estimate of drug-likeness (QED) is 0.565. The zero-order valence-electron chi connectivity index (χ0n) is 15.0. The molecule has 1 fully saturated rings. The summed E-state index contributed by atoms with van der Waals surface area (Å²) in [6.07, 6.45) is 0.838. The number of amides is 2. The number of nitrogens with one attached hydrogen (secondary N) is 2. The number of nitrogens with zero attached hydrogens (tertiary/aromatic N) is 2. The summed E-state index contributed by atoms with van der Waals surface area (Å²) in [6.45, 7) is 0.799. The van der Waals surface area contributed by atoms with Gasteiger partial charge in [-0.15, -0.1) is 0 Å². The topological polar surface area (TPSA) is 98.3 Å². The second-order valence-electron chi connectivity index (χ2n) is 6.85. The molecule has 0 saturated carbocycles. The van der Waals surface area contributed by atoms with Gasteiger partial charge in [-0.2, -0.15) is 5.10 Å². The molecule has 1 aliphatic heterocycles. The maximum Gasteiger partial charge on any atom is 0.229 e. The van der Waals surface area contributed by atoms with Crippen molar-refractivity contribution in [1.29, 1.82) is 0 Å². The second-order valence-corrected chi connectivity index (χ2v) is 7.77. The van der Waals surface area contributed by atoms with Gasteiger partial charge in [-0.3, -0.25) is 19.6 Å². The van der Waals surface area contributed by atoms with E-state index in [1.165, 1.54) is 0 Å². The number of aromatic hydroxyl groups is 1. The van der Waals surface area contributed by atoms with Crippen molar-refractivity contribution in [3.63, 3.8) is 0 Å². The van der Waals surface area contributed by atoms with Gasteiger partial charge < -0.3 is 10.4 Å². The molecule has 1 aromatic heterocycles. The summed E-state index contributed by atoms with van der Waals surface area (Å²) in [7, 11) is 0. The first kappa shape index (κ1) is 18.5. The molecule has 7 nitrogen and oxygen atoms in total. The molecule has 1 atom stereocenters. The van der Waals surface area contributed by atoms with Gasteiger partial charge in [0.15, 0.2) is 5.82 Å². The van der Waals surface area contributed by atoms with Gasteiger partial charge in [0.25, 0.3) is 0 Å². The van der Waals surface area contributed by atoms with E-state index in [9.17, 15) is 14.7 Å². The number of benzene rings is 2. The third kappa shape index (κ3) is 3.73. The fraction of sp³-hybridized carbons (Fsp3) is 0.250. The summed E-state index contributed by atoms with van der Waals surface area (Å²) >= 11 is 3.42. The predicted octanol–water partition coefficient (Wildman–Crippen LogP) is 2.74. The van der Waals surface area contributed by atoms with Crippen LogP contribution in [-0.4, -0.2) is 40.2 Å². The largest absolute Gasteiger partial charge is 0.508 e. The number of anilines is 1. The number of aromatic nitrogens is 2. The lowest BCUT2D eigenvalue weighted by atomic mass is 10.1. The lowest BCUT2D eigenvalue weighted by Crippen LogP contribution is -2.34.